The van der Waals surface area contributed by atoms with Gasteiger partial charge in [-0.3, -0.25) is 9.91 Å². The van der Waals surface area contributed by atoms with E-state index in [1.807, 2.05) is 50.2 Å². The number of ether oxygens (including phenoxy) is 1. The number of hydrazine groups is 1. The molecule has 0 aliphatic heterocycles. The fraction of sp³-hybridized carbons (Fsp3) is 0.429. The van der Waals surface area contributed by atoms with Crippen molar-refractivity contribution in [3.8, 4) is 5.75 Å². The van der Waals surface area contributed by atoms with Gasteiger partial charge in [-0.15, -0.1) is 0 Å². The number of hydrogen-bond donors (Lipinski definition) is 2. The summed E-state index contributed by atoms with van der Waals surface area (Å²) in [7, 11) is 0. The molecule has 35 heavy (non-hydrogen) atoms. The topological polar surface area (TPSA) is 96.1 Å². The molecule has 0 aliphatic carbocycles. The van der Waals surface area contributed by atoms with Crippen LogP contribution in [0.25, 0.3) is 0 Å². The fourth-order valence-electron chi connectivity index (χ4n) is 3.58. The summed E-state index contributed by atoms with van der Waals surface area (Å²) in [6, 6.07) is 15.2. The van der Waals surface area contributed by atoms with Crippen molar-refractivity contribution in [2.24, 2.45) is 5.84 Å². The summed E-state index contributed by atoms with van der Waals surface area (Å²) in [5.41, 5.74) is 2.79. The van der Waals surface area contributed by atoms with E-state index in [0.717, 1.165) is 48.1 Å². The minimum Gasteiger partial charge on any atom is -0.478 e. The van der Waals surface area contributed by atoms with Crippen LogP contribution in [0.4, 0.5) is 4.79 Å². The number of urea groups is 1. The largest absolute Gasteiger partial charge is 0.478 e. The van der Waals surface area contributed by atoms with Gasteiger partial charge in [-0.1, -0.05) is 55.5 Å². The number of aliphatic carboxylic acids is 1. The highest BCUT2D eigenvalue weighted by Gasteiger charge is 2.29. The number of benzene rings is 2. The fourth-order valence-corrected chi connectivity index (χ4v) is 3.58. The van der Waals surface area contributed by atoms with Crippen LogP contribution in [0.15, 0.2) is 60.8 Å². The van der Waals surface area contributed by atoms with E-state index in [0.29, 0.717) is 25.3 Å². The standard InChI is InChI=1S/C28H39N3O4/c1-6-19-30(27(34)31(29)20-24-13-11-21(2)12-14-24)22(3)9-7-8-10-23-15-17-25(18-16-23)35-28(4,5)26(32)33/h11-18H,3,6-10,19-20,29H2,1-2,4-5H3,(H,32,33). The number of allylic oxidation sites excluding steroid dienone is 1. The zero-order chi connectivity index (χ0) is 26.0. The zero-order valence-electron chi connectivity index (χ0n) is 21.4. The average molecular weight is 482 g/mol. The van der Waals surface area contributed by atoms with E-state index in [4.69, 9.17) is 10.6 Å². The number of carbonyl (C=O) groups is 2. The number of nitrogens with zero attached hydrogens (tertiary/aromatic N) is 2. The smallest absolute Gasteiger partial charge is 0.347 e. The lowest BCUT2D eigenvalue weighted by Crippen LogP contribution is -2.46. The van der Waals surface area contributed by atoms with Gasteiger partial charge in [0.15, 0.2) is 5.60 Å². The van der Waals surface area contributed by atoms with E-state index >= 15 is 0 Å². The molecule has 190 valence electrons. The molecule has 0 aromatic heterocycles. The van der Waals surface area contributed by atoms with Crippen LogP contribution in [0.3, 0.4) is 0 Å². The van der Waals surface area contributed by atoms with Crippen LogP contribution < -0.4 is 10.6 Å². The lowest BCUT2D eigenvalue weighted by molar-refractivity contribution is -0.152. The first-order valence-electron chi connectivity index (χ1n) is 12.1. The van der Waals surface area contributed by atoms with Gasteiger partial charge < -0.3 is 9.84 Å². The third kappa shape index (κ3) is 8.76. The van der Waals surface area contributed by atoms with Gasteiger partial charge in [0.2, 0.25) is 0 Å². The van der Waals surface area contributed by atoms with Crippen molar-refractivity contribution in [1.29, 1.82) is 0 Å². The van der Waals surface area contributed by atoms with Gasteiger partial charge in [-0.2, -0.15) is 0 Å². The van der Waals surface area contributed by atoms with Crippen LogP contribution in [-0.2, 0) is 17.8 Å². The van der Waals surface area contributed by atoms with Gasteiger partial charge in [0.05, 0.1) is 6.54 Å². The minimum absolute atomic E-state index is 0.239. The summed E-state index contributed by atoms with van der Waals surface area (Å²) >= 11 is 0. The van der Waals surface area contributed by atoms with E-state index in [-0.39, 0.29) is 6.03 Å². The summed E-state index contributed by atoms with van der Waals surface area (Å²) in [5.74, 6) is 5.63. The molecule has 0 aliphatic rings. The van der Waals surface area contributed by atoms with Crippen molar-refractivity contribution >= 4 is 12.0 Å². The second kappa shape index (κ2) is 13.0. The predicted octanol–water partition coefficient (Wildman–Crippen LogP) is 5.67. The van der Waals surface area contributed by atoms with Crippen molar-refractivity contribution in [3.63, 3.8) is 0 Å². The number of unbranched alkanes of at least 4 members (excludes halogenated alkanes) is 1. The second-order valence-electron chi connectivity index (χ2n) is 9.38. The molecule has 7 nitrogen and oxygen atoms in total. The van der Waals surface area contributed by atoms with Crippen molar-refractivity contribution in [2.45, 2.75) is 71.9 Å². The molecule has 2 amide bonds. The molecule has 3 N–H and O–H groups in total. The molecule has 0 heterocycles. The molecule has 0 fully saturated rings. The normalized spacial score (nSPS) is 11.1. The molecule has 0 bridgehead atoms. The van der Waals surface area contributed by atoms with E-state index in [1.54, 1.807) is 17.0 Å². The zero-order valence-corrected chi connectivity index (χ0v) is 21.4. The first-order chi connectivity index (χ1) is 16.5. The number of aryl methyl sites for hydroxylation is 2. The SMILES string of the molecule is C=C(CCCCc1ccc(OC(C)(C)C(=O)O)cc1)N(CCC)C(=O)N(N)Cc1ccc(C)cc1. The number of rotatable bonds is 13. The van der Waals surface area contributed by atoms with Crippen LogP contribution in [0, 0.1) is 6.92 Å². The number of carbonyl (C=O) groups excluding carboxylic acids is 1. The molecule has 0 radical (unpaired) electrons. The quantitative estimate of drug-likeness (QED) is 0.166. The maximum absolute atomic E-state index is 13.0. The van der Waals surface area contributed by atoms with Crippen molar-refractivity contribution < 1.29 is 19.4 Å². The van der Waals surface area contributed by atoms with Crippen LogP contribution in [0.2, 0.25) is 0 Å². The molecular weight excluding hydrogens is 442 g/mol. The van der Waals surface area contributed by atoms with Gasteiger partial charge >= 0.3 is 12.0 Å². The van der Waals surface area contributed by atoms with Crippen LogP contribution in [-0.4, -0.2) is 39.2 Å². The number of carboxylic acids is 1. The summed E-state index contributed by atoms with van der Waals surface area (Å²) in [6.07, 6.45) is 4.21. The third-order valence-electron chi connectivity index (χ3n) is 5.77. The molecule has 0 atom stereocenters. The molecule has 0 saturated carbocycles. The number of nitrogens with two attached hydrogens (primary N) is 1. The number of hydrogen-bond acceptors (Lipinski definition) is 4. The molecule has 0 saturated heterocycles. The van der Waals surface area contributed by atoms with Crippen molar-refractivity contribution in [2.75, 3.05) is 6.54 Å². The molecule has 0 unspecified atom stereocenters. The monoisotopic (exact) mass is 481 g/mol. The van der Waals surface area contributed by atoms with Crippen LogP contribution >= 0.6 is 0 Å². The van der Waals surface area contributed by atoms with Gasteiger partial charge in [-0.05, 0) is 76.1 Å². The number of amides is 2. The Kier molecular flexibility index (Phi) is 10.3. The Morgan fingerprint density at radius 2 is 1.63 bits per heavy atom. The van der Waals surface area contributed by atoms with Gasteiger partial charge in [0, 0.05) is 12.2 Å². The van der Waals surface area contributed by atoms with Crippen molar-refractivity contribution in [1.82, 2.24) is 9.91 Å². The summed E-state index contributed by atoms with van der Waals surface area (Å²) in [6.45, 7) is 12.2. The van der Waals surface area contributed by atoms with Gasteiger partial charge in [-0.25, -0.2) is 15.4 Å². The van der Waals surface area contributed by atoms with Crippen LogP contribution in [0.5, 0.6) is 5.75 Å². The van der Waals surface area contributed by atoms with E-state index in [9.17, 15) is 14.7 Å². The van der Waals surface area contributed by atoms with E-state index in [2.05, 4.69) is 6.58 Å². The number of carboxylic acid groups (broad SMARTS) is 1. The highest BCUT2D eigenvalue weighted by molar-refractivity contribution is 5.77. The molecule has 2 rings (SSSR count). The first-order valence-corrected chi connectivity index (χ1v) is 12.1. The van der Waals surface area contributed by atoms with Crippen LogP contribution in [0.1, 0.15) is 63.1 Å². The maximum atomic E-state index is 13.0. The molecule has 0 spiro atoms. The first kappa shape index (κ1) is 27.9. The molecule has 2 aromatic carbocycles. The van der Waals surface area contributed by atoms with E-state index < -0.39 is 11.6 Å². The highest BCUT2D eigenvalue weighted by Crippen LogP contribution is 2.21. The van der Waals surface area contributed by atoms with Gasteiger partial charge in [0.1, 0.15) is 5.75 Å². The molecular formula is C28H39N3O4. The second-order valence-corrected chi connectivity index (χ2v) is 9.38. The molecule has 7 heteroatoms. The summed E-state index contributed by atoms with van der Waals surface area (Å²) < 4.78 is 5.55. The molecule has 2 aromatic rings. The Hall–Kier alpha value is -3.32. The summed E-state index contributed by atoms with van der Waals surface area (Å²) in [4.78, 5) is 25.9. The Morgan fingerprint density at radius 3 is 2.20 bits per heavy atom. The lowest BCUT2D eigenvalue weighted by atomic mass is 10.1. The Bertz CT molecular complexity index is 984. The Balaban J connectivity index is 1.83. The highest BCUT2D eigenvalue weighted by atomic mass is 16.5. The van der Waals surface area contributed by atoms with Gasteiger partial charge in [0.25, 0.3) is 0 Å². The third-order valence-corrected chi connectivity index (χ3v) is 5.77. The van der Waals surface area contributed by atoms with E-state index in [1.165, 1.54) is 18.9 Å². The Morgan fingerprint density at radius 1 is 1.03 bits per heavy atom. The summed E-state index contributed by atoms with van der Waals surface area (Å²) in [5, 5.41) is 10.4. The minimum atomic E-state index is -1.27. The Labute approximate surface area is 209 Å². The predicted molar refractivity (Wildman–Crippen MR) is 139 cm³/mol. The maximum Gasteiger partial charge on any atom is 0.347 e. The lowest BCUT2D eigenvalue weighted by Gasteiger charge is -2.29. The van der Waals surface area contributed by atoms with Crippen molar-refractivity contribution in [3.05, 3.63) is 77.5 Å². The average Bonchev–Trinajstić information content (AvgIpc) is 2.81.